The first-order valence-corrected chi connectivity index (χ1v) is 8.06. The molecule has 2 N–H and O–H groups in total. The van der Waals surface area contributed by atoms with Crippen LogP contribution in [0.2, 0.25) is 0 Å². The van der Waals surface area contributed by atoms with Gasteiger partial charge < -0.3 is 15.0 Å². The lowest BCUT2D eigenvalue weighted by molar-refractivity contribution is -0.123. The number of nitrogens with one attached hydrogen (secondary N) is 2. The number of aromatic nitrogens is 1. The third kappa shape index (κ3) is 3.77. The lowest BCUT2D eigenvalue weighted by Gasteiger charge is -2.09. The standard InChI is InChI=1S/C20H22N2O2/c1-13-4-6-18(8-14(13)2)24-12-20(23)21-11-16-5-7-19-17(10-16)9-15(3)22-19/h4-10,22H,11-12H2,1-3H3,(H,21,23). The van der Waals surface area contributed by atoms with E-state index in [4.69, 9.17) is 4.74 Å². The second-order valence-electron chi connectivity index (χ2n) is 6.19. The van der Waals surface area contributed by atoms with Crippen molar-refractivity contribution in [1.29, 1.82) is 0 Å². The summed E-state index contributed by atoms with van der Waals surface area (Å²) in [5, 5.41) is 4.05. The number of aromatic amines is 1. The molecule has 0 aliphatic carbocycles. The molecule has 3 rings (SSSR count). The predicted molar refractivity (Wildman–Crippen MR) is 96.3 cm³/mol. The fraction of sp³-hybridized carbons (Fsp3) is 0.250. The molecule has 4 nitrogen and oxygen atoms in total. The van der Waals surface area contributed by atoms with Crippen molar-refractivity contribution in [3.05, 3.63) is 64.8 Å². The van der Waals surface area contributed by atoms with Crippen LogP contribution in [0.3, 0.4) is 0 Å². The minimum atomic E-state index is -0.126. The Morgan fingerprint density at radius 3 is 2.67 bits per heavy atom. The molecule has 24 heavy (non-hydrogen) atoms. The van der Waals surface area contributed by atoms with Crippen molar-refractivity contribution in [2.24, 2.45) is 0 Å². The van der Waals surface area contributed by atoms with E-state index in [1.54, 1.807) is 0 Å². The molecular formula is C20H22N2O2. The Morgan fingerprint density at radius 1 is 1.04 bits per heavy atom. The molecule has 0 aliphatic heterocycles. The number of ether oxygens (including phenoxy) is 1. The summed E-state index contributed by atoms with van der Waals surface area (Å²) in [5.74, 6) is 0.594. The molecule has 1 heterocycles. The summed E-state index contributed by atoms with van der Waals surface area (Å²) < 4.78 is 5.55. The first kappa shape index (κ1) is 16.1. The Hall–Kier alpha value is -2.75. The largest absolute Gasteiger partial charge is 0.484 e. The molecule has 1 amide bonds. The van der Waals surface area contributed by atoms with Gasteiger partial charge in [-0.05, 0) is 73.2 Å². The highest BCUT2D eigenvalue weighted by Gasteiger charge is 2.05. The quantitative estimate of drug-likeness (QED) is 0.751. The van der Waals surface area contributed by atoms with E-state index in [1.165, 1.54) is 5.56 Å². The number of fused-ring (bicyclic) bond motifs is 1. The Balaban J connectivity index is 1.53. The zero-order chi connectivity index (χ0) is 17.1. The predicted octanol–water partition coefficient (Wildman–Crippen LogP) is 3.79. The average molecular weight is 322 g/mol. The van der Waals surface area contributed by atoms with E-state index in [-0.39, 0.29) is 12.5 Å². The third-order valence-electron chi connectivity index (χ3n) is 4.16. The van der Waals surface area contributed by atoms with Gasteiger partial charge >= 0.3 is 0 Å². The maximum Gasteiger partial charge on any atom is 0.258 e. The van der Waals surface area contributed by atoms with Gasteiger partial charge in [-0.15, -0.1) is 0 Å². The highest BCUT2D eigenvalue weighted by atomic mass is 16.5. The summed E-state index contributed by atoms with van der Waals surface area (Å²) in [5.41, 5.74) is 5.68. The fourth-order valence-electron chi connectivity index (χ4n) is 2.64. The molecule has 0 aliphatic rings. The van der Waals surface area contributed by atoms with Crippen LogP contribution in [0.15, 0.2) is 42.5 Å². The summed E-state index contributed by atoms with van der Waals surface area (Å²) >= 11 is 0. The van der Waals surface area contributed by atoms with Gasteiger partial charge in [0, 0.05) is 17.8 Å². The fourth-order valence-corrected chi connectivity index (χ4v) is 2.64. The lowest BCUT2D eigenvalue weighted by Crippen LogP contribution is -2.28. The SMILES string of the molecule is Cc1cc2cc(CNC(=O)COc3ccc(C)c(C)c3)ccc2[nH]1. The third-order valence-corrected chi connectivity index (χ3v) is 4.16. The van der Waals surface area contributed by atoms with Gasteiger partial charge in [-0.2, -0.15) is 0 Å². The van der Waals surface area contributed by atoms with Crippen LogP contribution >= 0.6 is 0 Å². The van der Waals surface area contributed by atoms with Crippen molar-refractivity contribution in [1.82, 2.24) is 10.3 Å². The molecule has 2 aromatic carbocycles. The summed E-state index contributed by atoms with van der Waals surface area (Å²) in [7, 11) is 0. The van der Waals surface area contributed by atoms with Gasteiger partial charge in [0.1, 0.15) is 5.75 Å². The van der Waals surface area contributed by atoms with Crippen molar-refractivity contribution in [2.75, 3.05) is 6.61 Å². The Labute approximate surface area is 141 Å². The van der Waals surface area contributed by atoms with Crippen LogP contribution in [0.1, 0.15) is 22.4 Å². The number of hydrogen-bond acceptors (Lipinski definition) is 2. The van der Waals surface area contributed by atoms with E-state index in [0.29, 0.717) is 6.54 Å². The lowest BCUT2D eigenvalue weighted by atomic mass is 10.1. The van der Waals surface area contributed by atoms with Crippen LogP contribution in [0.5, 0.6) is 5.75 Å². The summed E-state index contributed by atoms with van der Waals surface area (Å²) in [6.45, 7) is 6.63. The molecule has 0 atom stereocenters. The van der Waals surface area contributed by atoms with E-state index in [1.807, 2.05) is 44.2 Å². The van der Waals surface area contributed by atoms with Crippen LogP contribution in [0, 0.1) is 20.8 Å². The monoisotopic (exact) mass is 322 g/mol. The van der Waals surface area contributed by atoms with Gasteiger partial charge in [-0.25, -0.2) is 0 Å². The minimum absolute atomic E-state index is 0.0218. The van der Waals surface area contributed by atoms with Crippen LogP contribution in [0.25, 0.3) is 10.9 Å². The number of carbonyl (C=O) groups excluding carboxylic acids is 1. The van der Waals surface area contributed by atoms with E-state index >= 15 is 0 Å². The maximum atomic E-state index is 12.0. The minimum Gasteiger partial charge on any atom is -0.484 e. The van der Waals surface area contributed by atoms with Crippen molar-refractivity contribution in [2.45, 2.75) is 27.3 Å². The van der Waals surface area contributed by atoms with Gasteiger partial charge in [0.15, 0.2) is 6.61 Å². The van der Waals surface area contributed by atoms with Gasteiger partial charge in [-0.1, -0.05) is 12.1 Å². The topological polar surface area (TPSA) is 54.1 Å². The van der Waals surface area contributed by atoms with Crippen molar-refractivity contribution in [3.63, 3.8) is 0 Å². The molecule has 0 fully saturated rings. The number of benzene rings is 2. The molecule has 0 bridgehead atoms. The van der Waals surface area contributed by atoms with Crippen molar-refractivity contribution in [3.8, 4) is 5.75 Å². The molecule has 0 unspecified atom stereocenters. The van der Waals surface area contributed by atoms with E-state index < -0.39 is 0 Å². The molecule has 0 spiro atoms. The average Bonchev–Trinajstić information content (AvgIpc) is 2.93. The van der Waals surface area contributed by atoms with Crippen molar-refractivity contribution < 1.29 is 9.53 Å². The van der Waals surface area contributed by atoms with Crippen LogP contribution in [0.4, 0.5) is 0 Å². The Morgan fingerprint density at radius 2 is 1.88 bits per heavy atom. The van der Waals surface area contributed by atoms with Crippen LogP contribution in [-0.4, -0.2) is 17.5 Å². The summed E-state index contributed by atoms with van der Waals surface area (Å²) in [6, 6.07) is 14.1. The molecule has 4 heteroatoms. The van der Waals surface area contributed by atoms with Gasteiger partial charge in [0.25, 0.3) is 5.91 Å². The Kier molecular flexibility index (Phi) is 4.56. The molecule has 3 aromatic rings. The second kappa shape index (κ2) is 6.79. The number of rotatable bonds is 5. The first-order valence-electron chi connectivity index (χ1n) is 8.06. The number of carbonyl (C=O) groups is 1. The molecule has 0 radical (unpaired) electrons. The number of aryl methyl sites for hydroxylation is 3. The smallest absolute Gasteiger partial charge is 0.258 e. The van der Waals surface area contributed by atoms with E-state index in [9.17, 15) is 4.79 Å². The maximum absolute atomic E-state index is 12.0. The highest BCUT2D eigenvalue weighted by Crippen LogP contribution is 2.17. The Bertz CT molecular complexity index is 880. The van der Waals surface area contributed by atoms with Crippen LogP contribution in [-0.2, 0) is 11.3 Å². The zero-order valence-electron chi connectivity index (χ0n) is 14.3. The second-order valence-corrected chi connectivity index (χ2v) is 6.19. The zero-order valence-corrected chi connectivity index (χ0v) is 14.3. The van der Waals surface area contributed by atoms with E-state index in [0.717, 1.165) is 33.5 Å². The van der Waals surface area contributed by atoms with Gasteiger partial charge in [0.2, 0.25) is 0 Å². The van der Waals surface area contributed by atoms with Crippen LogP contribution < -0.4 is 10.1 Å². The number of H-pyrrole nitrogens is 1. The molecular weight excluding hydrogens is 300 g/mol. The number of amides is 1. The van der Waals surface area contributed by atoms with E-state index in [2.05, 4.69) is 29.4 Å². The molecule has 0 saturated carbocycles. The van der Waals surface area contributed by atoms with Gasteiger partial charge in [0.05, 0.1) is 0 Å². The summed E-state index contributed by atoms with van der Waals surface area (Å²) in [4.78, 5) is 15.3. The molecule has 0 saturated heterocycles. The summed E-state index contributed by atoms with van der Waals surface area (Å²) in [6.07, 6.45) is 0. The normalized spacial score (nSPS) is 10.8. The molecule has 1 aromatic heterocycles. The highest BCUT2D eigenvalue weighted by molar-refractivity contribution is 5.81. The van der Waals surface area contributed by atoms with Gasteiger partial charge in [-0.3, -0.25) is 4.79 Å². The van der Waals surface area contributed by atoms with Crippen molar-refractivity contribution >= 4 is 16.8 Å². The number of hydrogen-bond donors (Lipinski definition) is 2. The first-order chi connectivity index (χ1) is 11.5. The molecule has 124 valence electrons.